The predicted molar refractivity (Wildman–Crippen MR) is 97.2 cm³/mol. The van der Waals surface area contributed by atoms with Gasteiger partial charge in [-0.15, -0.1) is 0 Å². The fourth-order valence-electron chi connectivity index (χ4n) is 2.68. The largest absolute Gasteiger partial charge is 0.504 e. The normalized spacial score (nSPS) is 10.7. The predicted octanol–water partition coefficient (Wildman–Crippen LogP) is 4.82. The van der Waals surface area contributed by atoms with Crippen LogP contribution in [0.25, 0.3) is 21.6 Å². The Morgan fingerprint density at radius 1 is 0.958 bits per heavy atom. The summed E-state index contributed by atoms with van der Waals surface area (Å²) < 4.78 is 14.9. The van der Waals surface area contributed by atoms with E-state index in [0.29, 0.717) is 5.75 Å². The summed E-state index contributed by atoms with van der Waals surface area (Å²) in [4.78, 5) is 1.04. The van der Waals surface area contributed by atoms with Gasteiger partial charge >= 0.3 is 0 Å². The Morgan fingerprint density at radius 2 is 1.71 bits per heavy atom. The molecule has 0 aliphatic heterocycles. The van der Waals surface area contributed by atoms with E-state index in [1.807, 2.05) is 25.3 Å². The number of rotatable bonds is 4. The number of aromatic hydroxyl groups is 1. The highest BCUT2D eigenvalue weighted by Crippen LogP contribution is 2.40. The molecular weight excluding hydrogens is 322 g/mol. The molecule has 1 heterocycles. The molecule has 0 bridgehead atoms. The fraction of sp³-hybridized carbons (Fsp3) is 0.211. The van der Waals surface area contributed by atoms with Crippen molar-refractivity contribution < 1.29 is 14.6 Å². The highest BCUT2D eigenvalue weighted by atomic mass is 32.1. The molecule has 0 saturated heterocycles. The number of nitrogens with zero attached hydrogens (tertiary/aromatic N) is 1. The molecule has 5 heteroatoms. The molecule has 0 amide bonds. The molecule has 4 nitrogen and oxygen atoms in total. The first-order valence-corrected chi connectivity index (χ1v) is 8.30. The van der Waals surface area contributed by atoms with Gasteiger partial charge in [0.2, 0.25) is 0 Å². The lowest BCUT2D eigenvalue weighted by Crippen LogP contribution is -1.91. The molecule has 2 aromatic carbocycles. The molecule has 0 unspecified atom stereocenters. The first-order valence-electron chi connectivity index (χ1n) is 7.52. The maximum atomic E-state index is 10.1. The van der Waals surface area contributed by atoms with Crippen molar-refractivity contribution in [1.29, 1.82) is 0 Å². The minimum atomic E-state index is 0.116. The van der Waals surface area contributed by atoms with Gasteiger partial charge in [0, 0.05) is 11.8 Å². The second kappa shape index (κ2) is 6.53. The molecule has 0 fully saturated rings. The van der Waals surface area contributed by atoms with Crippen LogP contribution in [0.4, 0.5) is 0 Å². The third kappa shape index (κ3) is 2.83. The highest BCUT2D eigenvalue weighted by Gasteiger charge is 2.15. The lowest BCUT2D eigenvalue weighted by molar-refractivity contribution is 0.373. The number of phenols is 1. The van der Waals surface area contributed by atoms with E-state index in [4.69, 9.17) is 9.47 Å². The summed E-state index contributed by atoms with van der Waals surface area (Å²) in [6, 6.07) is 9.54. The van der Waals surface area contributed by atoms with E-state index >= 15 is 0 Å². The van der Waals surface area contributed by atoms with Crippen molar-refractivity contribution in [2.24, 2.45) is 0 Å². The number of hydrogen-bond acceptors (Lipinski definition) is 5. The van der Waals surface area contributed by atoms with E-state index < -0.39 is 0 Å². The number of phenolic OH excluding ortho intramolecular Hbond substituents is 1. The van der Waals surface area contributed by atoms with Gasteiger partial charge in [0.15, 0.2) is 11.5 Å². The molecule has 0 spiro atoms. The van der Waals surface area contributed by atoms with Gasteiger partial charge in [-0.3, -0.25) is 0 Å². The van der Waals surface area contributed by atoms with Crippen LogP contribution in [0.5, 0.6) is 17.2 Å². The Labute approximate surface area is 145 Å². The molecule has 0 radical (unpaired) electrons. The highest BCUT2D eigenvalue weighted by molar-refractivity contribution is 7.10. The molecule has 124 valence electrons. The van der Waals surface area contributed by atoms with Gasteiger partial charge in [0.1, 0.15) is 5.75 Å². The number of aromatic nitrogens is 1. The molecule has 0 atom stereocenters. The summed E-state index contributed by atoms with van der Waals surface area (Å²) >= 11 is 1.43. The van der Waals surface area contributed by atoms with Gasteiger partial charge < -0.3 is 14.6 Å². The quantitative estimate of drug-likeness (QED) is 0.739. The van der Waals surface area contributed by atoms with Crippen molar-refractivity contribution in [2.75, 3.05) is 14.2 Å². The van der Waals surface area contributed by atoms with Gasteiger partial charge in [0.25, 0.3) is 0 Å². The average molecular weight is 341 g/mol. The van der Waals surface area contributed by atoms with Crippen LogP contribution < -0.4 is 9.47 Å². The standard InChI is InChI=1S/C19H19NO3S/c1-11-7-14(9-18(23-4)12(11)2)19-15(10-20-24-19)13-5-6-17(22-3)16(21)8-13/h5-10,21H,1-4H3. The van der Waals surface area contributed by atoms with Crippen LogP contribution in [-0.2, 0) is 0 Å². The summed E-state index contributed by atoms with van der Waals surface area (Å²) in [6.45, 7) is 4.12. The van der Waals surface area contributed by atoms with Gasteiger partial charge in [-0.1, -0.05) is 12.1 Å². The number of hydrogen-bond donors (Lipinski definition) is 1. The summed E-state index contributed by atoms with van der Waals surface area (Å²) in [7, 11) is 3.22. The molecular formula is C19H19NO3S. The SMILES string of the molecule is COc1ccc(-c2cnsc2-c2cc(C)c(C)c(OC)c2)cc1O. The van der Waals surface area contributed by atoms with E-state index in [9.17, 15) is 5.11 Å². The van der Waals surface area contributed by atoms with E-state index in [-0.39, 0.29) is 5.75 Å². The van der Waals surface area contributed by atoms with Crippen molar-refractivity contribution in [1.82, 2.24) is 4.37 Å². The van der Waals surface area contributed by atoms with Crippen LogP contribution in [0.15, 0.2) is 36.5 Å². The summed E-state index contributed by atoms with van der Waals surface area (Å²) in [5, 5.41) is 10.1. The molecule has 1 N–H and O–H groups in total. The first-order chi connectivity index (χ1) is 11.5. The average Bonchev–Trinajstić information content (AvgIpc) is 3.06. The zero-order chi connectivity index (χ0) is 17.3. The molecule has 0 aliphatic rings. The Morgan fingerprint density at radius 3 is 2.38 bits per heavy atom. The van der Waals surface area contributed by atoms with Gasteiger partial charge in [-0.25, -0.2) is 0 Å². The Bertz CT molecular complexity index is 886. The number of benzene rings is 2. The van der Waals surface area contributed by atoms with Crippen molar-refractivity contribution in [3.63, 3.8) is 0 Å². The van der Waals surface area contributed by atoms with E-state index in [2.05, 4.69) is 17.4 Å². The zero-order valence-electron chi connectivity index (χ0n) is 14.1. The number of ether oxygens (including phenoxy) is 2. The van der Waals surface area contributed by atoms with Crippen LogP contribution in [0, 0.1) is 13.8 Å². The van der Waals surface area contributed by atoms with Crippen LogP contribution >= 0.6 is 11.5 Å². The third-order valence-electron chi connectivity index (χ3n) is 4.16. The molecule has 3 aromatic rings. The molecule has 0 saturated carbocycles. The maximum Gasteiger partial charge on any atom is 0.160 e. The van der Waals surface area contributed by atoms with Crippen molar-refractivity contribution in [2.45, 2.75) is 13.8 Å². The summed E-state index contributed by atoms with van der Waals surface area (Å²) in [5.74, 6) is 1.43. The Hall–Kier alpha value is -2.53. The lowest BCUT2D eigenvalue weighted by atomic mass is 9.99. The summed E-state index contributed by atoms with van der Waals surface area (Å²) in [6.07, 6.45) is 1.82. The molecule has 1 aromatic heterocycles. The lowest BCUT2D eigenvalue weighted by Gasteiger charge is -2.12. The molecule has 3 rings (SSSR count). The smallest absolute Gasteiger partial charge is 0.160 e. The minimum absolute atomic E-state index is 0.116. The minimum Gasteiger partial charge on any atom is -0.504 e. The zero-order valence-corrected chi connectivity index (χ0v) is 14.9. The van der Waals surface area contributed by atoms with Crippen LogP contribution in [0.1, 0.15) is 11.1 Å². The van der Waals surface area contributed by atoms with Gasteiger partial charge in [-0.05, 0) is 65.8 Å². The second-order valence-electron chi connectivity index (χ2n) is 5.58. The Balaban J connectivity index is 2.12. The number of aryl methyl sites for hydroxylation is 1. The first kappa shape index (κ1) is 16.3. The third-order valence-corrected chi connectivity index (χ3v) is 5.01. The van der Waals surface area contributed by atoms with E-state index in [1.54, 1.807) is 19.2 Å². The van der Waals surface area contributed by atoms with Crippen molar-refractivity contribution in [3.05, 3.63) is 47.7 Å². The maximum absolute atomic E-state index is 10.1. The molecule has 0 aliphatic carbocycles. The van der Waals surface area contributed by atoms with Crippen LogP contribution in [0.2, 0.25) is 0 Å². The Kier molecular flexibility index (Phi) is 4.44. The van der Waals surface area contributed by atoms with Gasteiger partial charge in [-0.2, -0.15) is 4.37 Å². The monoisotopic (exact) mass is 341 g/mol. The van der Waals surface area contributed by atoms with Gasteiger partial charge in [0.05, 0.1) is 19.1 Å². The van der Waals surface area contributed by atoms with Crippen LogP contribution in [-0.4, -0.2) is 23.7 Å². The van der Waals surface area contributed by atoms with Crippen molar-refractivity contribution >= 4 is 11.5 Å². The molecule has 24 heavy (non-hydrogen) atoms. The summed E-state index contributed by atoms with van der Waals surface area (Å²) in [5.41, 5.74) is 5.23. The topological polar surface area (TPSA) is 51.6 Å². The van der Waals surface area contributed by atoms with Crippen LogP contribution in [0.3, 0.4) is 0 Å². The fourth-order valence-corrected chi connectivity index (χ4v) is 3.44. The van der Waals surface area contributed by atoms with E-state index in [0.717, 1.165) is 32.9 Å². The second-order valence-corrected chi connectivity index (χ2v) is 6.38. The van der Waals surface area contributed by atoms with E-state index in [1.165, 1.54) is 24.2 Å². The van der Waals surface area contributed by atoms with Crippen molar-refractivity contribution in [3.8, 4) is 38.8 Å². The number of methoxy groups -OCH3 is 2.